The molecule has 0 radical (unpaired) electrons. The zero-order valence-electron chi connectivity index (χ0n) is 16.5. The van der Waals surface area contributed by atoms with Crippen LogP contribution < -0.4 is 4.74 Å². The number of pyridine rings is 1. The van der Waals surface area contributed by atoms with Gasteiger partial charge in [-0.2, -0.15) is 0 Å². The Bertz CT molecular complexity index is 920. The van der Waals surface area contributed by atoms with Crippen LogP contribution >= 0.6 is 0 Å². The second-order valence-corrected chi connectivity index (χ2v) is 7.47. The summed E-state index contributed by atoms with van der Waals surface area (Å²) in [6, 6.07) is 26.2. The Labute approximate surface area is 172 Å². The van der Waals surface area contributed by atoms with Crippen molar-refractivity contribution in [2.45, 2.75) is 25.2 Å². The molecule has 4 rings (SSSR count). The van der Waals surface area contributed by atoms with Crippen molar-refractivity contribution in [1.29, 1.82) is 0 Å². The van der Waals surface area contributed by atoms with E-state index in [1.807, 2.05) is 41.3 Å². The van der Waals surface area contributed by atoms with E-state index in [1.165, 1.54) is 5.56 Å². The lowest BCUT2D eigenvalue weighted by atomic mass is 9.92. The van der Waals surface area contributed by atoms with E-state index in [0.717, 1.165) is 49.5 Å². The molecule has 4 heteroatoms. The Hall–Kier alpha value is -3.14. The van der Waals surface area contributed by atoms with Crippen molar-refractivity contribution in [3.05, 3.63) is 95.8 Å². The zero-order valence-corrected chi connectivity index (χ0v) is 16.5. The van der Waals surface area contributed by atoms with Gasteiger partial charge in [0.1, 0.15) is 5.75 Å². The van der Waals surface area contributed by atoms with Gasteiger partial charge in [0, 0.05) is 36.8 Å². The molecule has 4 nitrogen and oxygen atoms in total. The van der Waals surface area contributed by atoms with E-state index >= 15 is 0 Å². The van der Waals surface area contributed by atoms with Gasteiger partial charge in [0.05, 0.1) is 0 Å². The van der Waals surface area contributed by atoms with Crippen LogP contribution in [-0.4, -0.2) is 35.5 Å². The third-order valence-electron chi connectivity index (χ3n) is 5.43. The van der Waals surface area contributed by atoms with Gasteiger partial charge in [-0.25, -0.2) is 0 Å². The fourth-order valence-corrected chi connectivity index (χ4v) is 3.81. The van der Waals surface area contributed by atoms with Crippen LogP contribution in [-0.2, 0) is 11.2 Å². The minimum atomic E-state index is 0.0538. The number of likely N-dealkylation sites (tertiary alicyclic amines) is 1. The summed E-state index contributed by atoms with van der Waals surface area (Å²) in [7, 11) is 0. The fraction of sp³-hybridized carbons (Fsp3) is 0.280. The third kappa shape index (κ3) is 5.23. The quantitative estimate of drug-likeness (QED) is 0.628. The van der Waals surface area contributed by atoms with Gasteiger partial charge in [-0.1, -0.05) is 54.6 Å². The Kier molecular flexibility index (Phi) is 6.20. The summed E-state index contributed by atoms with van der Waals surface area (Å²) in [6.07, 6.45) is 2.74. The largest absolute Gasteiger partial charge is 0.484 e. The molecule has 0 N–H and O–H groups in total. The molecular formula is C25H26N2O2. The maximum absolute atomic E-state index is 12.5. The predicted molar refractivity (Wildman–Crippen MR) is 114 cm³/mol. The number of hydrogen-bond donors (Lipinski definition) is 0. The second kappa shape index (κ2) is 9.37. The van der Waals surface area contributed by atoms with E-state index in [4.69, 9.17) is 9.72 Å². The SMILES string of the molecule is O=C(COc1ccccc1)N1CCC(c2cccc(Cc3ccccc3)n2)CC1. The van der Waals surface area contributed by atoms with Crippen molar-refractivity contribution >= 4 is 5.91 Å². The Morgan fingerprint density at radius 2 is 1.59 bits per heavy atom. The number of aromatic nitrogens is 1. The first-order valence-corrected chi connectivity index (χ1v) is 10.2. The van der Waals surface area contributed by atoms with Gasteiger partial charge < -0.3 is 9.64 Å². The van der Waals surface area contributed by atoms with Crippen molar-refractivity contribution in [3.8, 4) is 5.75 Å². The minimum absolute atomic E-state index is 0.0538. The lowest BCUT2D eigenvalue weighted by Gasteiger charge is -2.31. The predicted octanol–water partition coefficient (Wildman–Crippen LogP) is 4.46. The summed E-state index contributed by atoms with van der Waals surface area (Å²) in [4.78, 5) is 19.3. The lowest BCUT2D eigenvalue weighted by molar-refractivity contribution is -0.134. The van der Waals surface area contributed by atoms with E-state index in [1.54, 1.807) is 0 Å². The molecule has 0 saturated carbocycles. The van der Waals surface area contributed by atoms with E-state index in [9.17, 15) is 4.79 Å². The smallest absolute Gasteiger partial charge is 0.260 e. The highest BCUT2D eigenvalue weighted by Gasteiger charge is 2.25. The topological polar surface area (TPSA) is 42.4 Å². The number of para-hydroxylation sites is 1. The molecule has 1 aromatic heterocycles. The first kappa shape index (κ1) is 19.2. The Morgan fingerprint density at radius 1 is 0.897 bits per heavy atom. The number of carbonyl (C=O) groups excluding carboxylic acids is 1. The van der Waals surface area contributed by atoms with Crippen molar-refractivity contribution < 1.29 is 9.53 Å². The Balaban J connectivity index is 1.30. The summed E-state index contributed by atoms with van der Waals surface area (Å²) >= 11 is 0. The summed E-state index contributed by atoms with van der Waals surface area (Å²) in [5.74, 6) is 1.19. The minimum Gasteiger partial charge on any atom is -0.484 e. The molecular weight excluding hydrogens is 360 g/mol. The number of rotatable bonds is 6. The number of benzene rings is 2. The van der Waals surface area contributed by atoms with Crippen LogP contribution in [0.4, 0.5) is 0 Å². The van der Waals surface area contributed by atoms with Gasteiger partial charge in [-0.15, -0.1) is 0 Å². The standard InChI is InChI=1S/C25H26N2O2/c28-25(19-29-23-11-5-2-6-12-23)27-16-14-21(15-17-27)24-13-7-10-22(26-24)18-20-8-3-1-4-9-20/h1-13,21H,14-19H2. The molecule has 1 fully saturated rings. The van der Waals surface area contributed by atoms with Crippen molar-refractivity contribution in [2.75, 3.05) is 19.7 Å². The third-order valence-corrected chi connectivity index (χ3v) is 5.43. The number of hydrogen-bond acceptors (Lipinski definition) is 3. The van der Waals surface area contributed by atoms with Crippen molar-refractivity contribution in [2.24, 2.45) is 0 Å². The highest BCUT2D eigenvalue weighted by molar-refractivity contribution is 5.77. The van der Waals surface area contributed by atoms with Gasteiger partial charge in [0.2, 0.25) is 0 Å². The van der Waals surface area contributed by atoms with E-state index < -0.39 is 0 Å². The monoisotopic (exact) mass is 386 g/mol. The zero-order chi connectivity index (χ0) is 19.9. The maximum Gasteiger partial charge on any atom is 0.260 e. The molecule has 0 atom stereocenters. The molecule has 2 heterocycles. The van der Waals surface area contributed by atoms with Crippen LogP contribution in [0.15, 0.2) is 78.9 Å². The molecule has 1 saturated heterocycles. The van der Waals surface area contributed by atoms with Gasteiger partial charge >= 0.3 is 0 Å². The van der Waals surface area contributed by atoms with Gasteiger partial charge in [0.25, 0.3) is 5.91 Å². The molecule has 0 bridgehead atoms. The lowest BCUT2D eigenvalue weighted by Crippen LogP contribution is -2.40. The number of nitrogens with zero attached hydrogens (tertiary/aromatic N) is 2. The van der Waals surface area contributed by atoms with E-state index in [2.05, 4.69) is 42.5 Å². The summed E-state index contributed by atoms with van der Waals surface area (Å²) in [6.45, 7) is 1.61. The van der Waals surface area contributed by atoms with E-state index in [0.29, 0.717) is 5.92 Å². The molecule has 0 spiro atoms. The average molecular weight is 386 g/mol. The molecule has 2 aromatic carbocycles. The van der Waals surface area contributed by atoms with Crippen LogP contribution in [0.1, 0.15) is 35.7 Å². The molecule has 0 unspecified atom stereocenters. The number of ether oxygens (including phenoxy) is 1. The molecule has 3 aromatic rings. The number of carbonyl (C=O) groups is 1. The van der Waals surface area contributed by atoms with Gasteiger partial charge in [-0.05, 0) is 42.7 Å². The molecule has 0 aliphatic carbocycles. The molecule has 1 aliphatic heterocycles. The van der Waals surface area contributed by atoms with Crippen LogP contribution in [0.5, 0.6) is 5.75 Å². The number of amides is 1. The summed E-state index contributed by atoms with van der Waals surface area (Å²) in [5.41, 5.74) is 3.52. The van der Waals surface area contributed by atoms with Crippen molar-refractivity contribution in [3.63, 3.8) is 0 Å². The second-order valence-electron chi connectivity index (χ2n) is 7.47. The summed E-state index contributed by atoms with van der Waals surface area (Å²) in [5, 5.41) is 0. The van der Waals surface area contributed by atoms with Crippen LogP contribution in [0.2, 0.25) is 0 Å². The van der Waals surface area contributed by atoms with Gasteiger partial charge in [0.15, 0.2) is 6.61 Å². The maximum atomic E-state index is 12.5. The van der Waals surface area contributed by atoms with Crippen LogP contribution in [0.3, 0.4) is 0 Å². The highest BCUT2D eigenvalue weighted by atomic mass is 16.5. The molecule has 148 valence electrons. The number of piperidine rings is 1. The summed E-state index contributed by atoms with van der Waals surface area (Å²) < 4.78 is 5.60. The molecule has 29 heavy (non-hydrogen) atoms. The highest BCUT2D eigenvalue weighted by Crippen LogP contribution is 2.27. The van der Waals surface area contributed by atoms with Crippen molar-refractivity contribution in [1.82, 2.24) is 9.88 Å². The fourth-order valence-electron chi connectivity index (χ4n) is 3.81. The molecule has 1 amide bonds. The van der Waals surface area contributed by atoms with Gasteiger partial charge in [-0.3, -0.25) is 9.78 Å². The first-order chi connectivity index (χ1) is 14.3. The average Bonchev–Trinajstić information content (AvgIpc) is 2.79. The van der Waals surface area contributed by atoms with E-state index in [-0.39, 0.29) is 12.5 Å². The first-order valence-electron chi connectivity index (χ1n) is 10.2. The van der Waals surface area contributed by atoms with Crippen LogP contribution in [0, 0.1) is 0 Å². The Morgan fingerprint density at radius 3 is 2.31 bits per heavy atom. The van der Waals surface area contributed by atoms with Crippen LogP contribution in [0.25, 0.3) is 0 Å². The molecule has 1 aliphatic rings. The normalized spacial score (nSPS) is 14.6.